The summed E-state index contributed by atoms with van der Waals surface area (Å²) < 4.78 is 11.4. The van der Waals surface area contributed by atoms with Crippen molar-refractivity contribution in [3.63, 3.8) is 0 Å². The largest absolute Gasteiger partial charge is 0.457 e. The van der Waals surface area contributed by atoms with Crippen molar-refractivity contribution < 1.29 is 9.47 Å². The van der Waals surface area contributed by atoms with Crippen LogP contribution in [0.5, 0.6) is 23.0 Å². The van der Waals surface area contributed by atoms with Crippen molar-refractivity contribution in [2.75, 3.05) is 0 Å². The molecule has 0 saturated heterocycles. The fraction of sp³-hybridized carbons (Fsp3) is 0.321. The molecule has 6 aromatic rings. The maximum Gasteiger partial charge on any atom is 0.127 e. The van der Waals surface area contributed by atoms with Gasteiger partial charge in [0, 0.05) is 0 Å². The first-order chi connectivity index (χ1) is 26.3. The van der Waals surface area contributed by atoms with Crippen LogP contribution in [0.15, 0.2) is 158 Å². The summed E-state index contributed by atoms with van der Waals surface area (Å²) in [6, 6.07) is 54.0. The van der Waals surface area contributed by atoms with Gasteiger partial charge in [-0.25, -0.2) is 0 Å². The van der Waals surface area contributed by atoms with E-state index >= 15 is 0 Å². The second-order valence-electron chi connectivity index (χ2n) is 15.9. The maximum atomic E-state index is 5.85. The van der Waals surface area contributed by atoms with E-state index in [-0.39, 0.29) is 0 Å². The van der Waals surface area contributed by atoms with Crippen LogP contribution in [0.3, 0.4) is 0 Å². The second-order valence-corrected chi connectivity index (χ2v) is 15.9. The molecule has 0 atom stereocenters. The lowest BCUT2D eigenvalue weighted by molar-refractivity contribution is 0.482. The Morgan fingerprint density at radius 1 is 0.327 bits per heavy atom. The van der Waals surface area contributed by atoms with E-state index in [2.05, 4.69) is 149 Å². The molecule has 0 bridgehead atoms. The van der Waals surface area contributed by atoms with Gasteiger partial charge in [-0.2, -0.15) is 0 Å². The third-order valence-corrected chi connectivity index (χ3v) is 8.77. The lowest BCUT2D eigenvalue weighted by Crippen LogP contribution is -1.97. The molecule has 0 aliphatic rings. The Kier molecular flexibility index (Phi) is 19.1. The molecule has 2 heteroatoms. The van der Waals surface area contributed by atoms with Crippen molar-refractivity contribution in [1.82, 2.24) is 0 Å². The smallest absolute Gasteiger partial charge is 0.127 e. The first kappa shape index (κ1) is 44.3. The van der Waals surface area contributed by atoms with E-state index in [1.807, 2.05) is 84.9 Å². The summed E-state index contributed by atoms with van der Waals surface area (Å²) in [6.45, 7) is 24.3. The third kappa shape index (κ3) is 16.9. The van der Waals surface area contributed by atoms with Crippen molar-refractivity contribution >= 4 is 0 Å². The van der Waals surface area contributed by atoms with Crippen molar-refractivity contribution in [3.05, 3.63) is 191 Å². The molecule has 0 aliphatic carbocycles. The van der Waals surface area contributed by atoms with E-state index in [4.69, 9.17) is 9.47 Å². The molecule has 0 fully saturated rings. The van der Waals surface area contributed by atoms with Crippen LogP contribution < -0.4 is 9.47 Å². The van der Waals surface area contributed by atoms with Gasteiger partial charge < -0.3 is 9.47 Å². The summed E-state index contributed by atoms with van der Waals surface area (Å²) in [6.07, 6.45) is 1.03. The molecule has 2 nitrogen and oxygen atoms in total. The number of hydrogen-bond donors (Lipinski definition) is 0. The Balaban J connectivity index is 0.000000214. The molecular weight excluding hydrogens is 669 g/mol. The maximum absolute atomic E-state index is 5.85. The molecule has 0 aliphatic heterocycles. The quantitative estimate of drug-likeness (QED) is 0.140. The zero-order valence-electron chi connectivity index (χ0n) is 35.4. The first-order valence-electron chi connectivity index (χ1n) is 20.1. The molecule has 0 spiro atoms. The highest BCUT2D eigenvalue weighted by atomic mass is 16.5. The SMILES string of the molecule is CC(C)C.CC(C)c1ccc(Cc2ccccc2C(C)C)cc1.CC(C)c1ccc(Oc2ccc(C(C)C)cc2)cc1.c1ccc(Oc2ccccc2)cc1. The zero-order chi connectivity index (χ0) is 40.2. The van der Waals surface area contributed by atoms with Gasteiger partial charge in [0.25, 0.3) is 0 Å². The van der Waals surface area contributed by atoms with Crippen molar-refractivity contribution in [2.24, 2.45) is 5.92 Å². The Labute approximate surface area is 334 Å². The minimum atomic E-state index is 0.555. The highest BCUT2D eigenvalue weighted by Crippen LogP contribution is 2.26. The lowest BCUT2D eigenvalue weighted by Gasteiger charge is -2.13. The van der Waals surface area contributed by atoms with Crippen LogP contribution in [0.4, 0.5) is 0 Å². The molecule has 0 radical (unpaired) electrons. The van der Waals surface area contributed by atoms with Crippen LogP contribution in [0.2, 0.25) is 0 Å². The van der Waals surface area contributed by atoms with Crippen LogP contribution in [0, 0.1) is 5.92 Å². The molecular formula is C53H66O2. The van der Waals surface area contributed by atoms with Gasteiger partial charge in [-0.1, -0.05) is 185 Å². The van der Waals surface area contributed by atoms with Gasteiger partial charge in [-0.05, 0) is 118 Å². The van der Waals surface area contributed by atoms with Gasteiger partial charge in [0.05, 0.1) is 0 Å². The molecule has 0 heterocycles. The topological polar surface area (TPSA) is 18.5 Å². The standard InChI is InChI=1S/C19H24.C18H22O.C12H10O.C4H10/c1-14(2)17-11-9-16(10-12-17)13-18-7-5-6-8-19(18)15(3)4;1-13(2)15-5-9-17(10-6-15)19-18-11-7-16(8-12-18)14(3)4;1-3-7-11(8-4-1)13-12-9-5-2-6-10-12;1-4(2)3/h5-12,14-15H,13H2,1-4H3;5-14H,1-4H3;1-10H;4H,1-3H3. The summed E-state index contributed by atoms with van der Waals surface area (Å²) in [4.78, 5) is 0. The number of hydrogen-bond acceptors (Lipinski definition) is 2. The minimum absolute atomic E-state index is 0.555. The number of para-hydroxylation sites is 2. The molecule has 0 amide bonds. The fourth-order valence-corrected chi connectivity index (χ4v) is 5.59. The van der Waals surface area contributed by atoms with Crippen LogP contribution >= 0.6 is 0 Å². The highest BCUT2D eigenvalue weighted by Gasteiger charge is 2.07. The van der Waals surface area contributed by atoms with E-state index in [0.717, 1.165) is 35.3 Å². The normalized spacial score (nSPS) is 10.6. The Bertz CT molecular complexity index is 1780. The van der Waals surface area contributed by atoms with Gasteiger partial charge >= 0.3 is 0 Å². The van der Waals surface area contributed by atoms with Gasteiger partial charge in [0.2, 0.25) is 0 Å². The molecule has 0 saturated carbocycles. The summed E-state index contributed by atoms with van der Waals surface area (Å²) in [5, 5.41) is 0. The van der Waals surface area contributed by atoms with E-state index in [9.17, 15) is 0 Å². The third-order valence-electron chi connectivity index (χ3n) is 8.77. The van der Waals surface area contributed by atoms with Crippen LogP contribution in [0.1, 0.15) is 133 Å². The van der Waals surface area contributed by atoms with E-state index in [0.29, 0.717) is 23.7 Å². The predicted molar refractivity (Wildman–Crippen MR) is 238 cm³/mol. The van der Waals surface area contributed by atoms with E-state index in [1.54, 1.807) is 0 Å². The van der Waals surface area contributed by atoms with Crippen molar-refractivity contribution in [1.29, 1.82) is 0 Å². The minimum Gasteiger partial charge on any atom is -0.457 e. The Morgan fingerprint density at radius 2 is 0.636 bits per heavy atom. The second kappa shape index (κ2) is 23.6. The summed E-state index contributed by atoms with van der Waals surface area (Å²) in [7, 11) is 0. The average Bonchev–Trinajstić information content (AvgIpc) is 3.17. The van der Waals surface area contributed by atoms with Crippen LogP contribution in [-0.4, -0.2) is 0 Å². The highest BCUT2D eigenvalue weighted by molar-refractivity contribution is 5.37. The zero-order valence-corrected chi connectivity index (χ0v) is 35.4. The first-order valence-corrected chi connectivity index (χ1v) is 20.1. The van der Waals surface area contributed by atoms with Gasteiger partial charge in [-0.3, -0.25) is 0 Å². The van der Waals surface area contributed by atoms with Crippen LogP contribution in [-0.2, 0) is 6.42 Å². The lowest BCUT2D eigenvalue weighted by atomic mass is 9.92. The number of ether oxygens (including phenoxy) is 2. The summed E-state index contributed by atoms with van der Waals surface area (Å²) >= 11 is 0. The monoisotopic (exact) mass is 735 g/mol. The fourth-order valence-electron chi connectivity index (χ4n) is 5.59. The van der Waals surface area contributed by atoms with Gasteiger partial charge in [0.1, 0.15) is 23.0 Å². The number of rotatable bonds is 10. The molecule has 55 heavy (non-hydrogen) atoms. The molecule has 290 valence electrons. The summed E-state index contributed by atoms with van der Waals surface area (Å²) in [5.41, 5.74) is 8.41. The van der Waals surface area contributed by atoms with E-state index < -0.39 is 0 Å². The van der Waals surface area contributed by atoms with Crippen molar-refractivity contribution in [3.8, 4) is 23.0 Å². The van der Waals surface area contributed by atoms with Crippen LogP contribution in [0.25, 0.3) is 0 Å². The molecule has 6 aromatic carbocycles. The summed E-state index contributed by atoms with van der Waals surface area (Å²) in [5.74, 6) is 6.66. The molecule has 0 unspecified atom stereocenters. The van der Waals surface area contributed by atoms with Gasteiger partial charge in [-0.15, -0.1) is 0 Å². The average molecular weight is 735 g/mol. The van der Waals surface area contributed by atoms with E-state index in [1.165, 1.54) is 33.4 Å². The van der Waals surface area contributed by atoms with Gasteiger partial charge in [0.15, 0.2) is 0 Å². The molecule has 6 rings (SSSR count). The van der Waals surface area contributed by atoms with Crippen molar-refractivity contribution in [2.45, 2.75) is 106 Å². The number of benzene rings is 6. The molecule has 0 aromatic heterocycles. The Hall–Kier alpha value is -5.08. The molecule has 0 N–H and O–H groups in total. The predicted octanol–water partition coefficient (Wildman–Crippen LogP) is 16.4. The Morgan fingerprint density at radius 3 is 0.982 bits per heavy atom.